The summed E-state index contributed by atoms with van der Waals surface area (Å²) in [5.74, 6) is 8.22. The molecule has 7 heteroatoms. The molecule has 2 fully saturated rings. The number of anilines is 2. The molecular formula is C13H20N6O. The van der Waals surface area contributed by atoms with Crippen molar-refractivity contribution in [3.8, 4) is 0 Å². The van der Waals surface area contributed by atoms with E-state index >= 15 is 0 Å². The van der Waals surface area contributed by atoms with Crippen LogP contribution in [0.1, 0.15) is 36.6 Å². The summed E-state index contributed by atoms with van der Waals surface area (Å²) in [5.41, 5.74) is 3.46. The van der Waals surface area contributed by atoms with Gasteiger partial charge in [-0.15, -0.1) is 0 Å². The van der Waals surface area contributed by atoms with Gasteiger partial charge in [-0.05, 0) is 26.2 Å². The first-order valence-electron chi connectivity index (χ1n) is 6.97. The molecular weight excluding hydrogens is 256 g/mol. The smallest absolute Gasteiger partial charge is 0.244 e. The van der Waals surface area contributed by atoms with E-state index in [1.165, 1.54) is 0 Å². The lowest BCUT2D eigenvalue weighted by atomic mass is 10.2. The molecule has 1 amide bonds. The highest BCUT2D eigenvalue weighted by atomic mass is 16.2. The van der Waals surface area contributed by atoms with Gasteiger partial charge in [-0.1, -0.05) is 0 Å². The van der Waals surface area contributed by atoms with Crippen molar-refractivity contribution in [3.05, 3.63) is 11.4 Å². The standard InChI is InChI=1S/C13H20N6O/c1-7-10(15-9-5-6-19(2)13(9)20)16-12(8-3-4-8)17-11(7)18-14/h8-9H,3-6,14H2,1-2H3,(H2,15,16,17,18). The number of nitrogens with two attached hydrogens (primary N) is 1. The summed E-state index contributed by atoms with van der Waals surface area (Å²) >= 11 is 0. The molecule has 1 aliphatic heterocycles. The van der Waals surface area contributed by atoms with E-state index < -0.39 is 0 Å². The van der Waals surface area contributed by atoms with Crippen LogP contribution in [0.5, 0.6) is 0 Å². The number of rotatable bonds is 4. The lowest BCUT2D eigenvalue weighted by molar-refractivity contribution is -0.127. The first-order valence-corrected chi connectivity index (χ1v) is 6.97. The molecule has 3 rings (SSSR count). The van der Waals surface area contributed by atoms with Crippen LogP contribution in [0.25, 0.3) is 0 Å². The quantitative estimate of drug-likeness (QED) is 0.550. The van der Waals surface area contributed by atoms with Gasteiger partial charge in [-0.2, -0.15) is 0 Å². The van der Waals surface area contributed by atoms with E-state index in [-0.39, 0.29) is 11.9 Å². The third-order valence-corrected chi connectivity index (χ3v) is 3.98. The van der Waals surface area contributed by atoms with Crippen LogP contribution < -0.4 is 16.6 Å². The molecule has 2 aliphatic rings. The van der Waals surface area contributed by atoms with Crippen LogP contribution in [-0.4, -0.2) is 40.4 Å². The van der Waals surface area contributed by atoms with Crippen molar-refractivity contribution < 1.29 is 4.79 Å². The molecule has 1 aromatic heterocycles. The lowest BCUT2D eigenvalue weighted by Gasteiger charge is -2.17. The summed E-state index contributed by atoms with van der Waals surface area (Å²) in [6.45, 7) is 2.68. The van der Waals surface area contributed by atoms with Crippen LogP contribution in [-0.2, 0) is 4.79 Å². The topological polar surface area (TPSA) is 96.2 Å². The predicted octanol–water partition coefficient (Wildman–Crippen LogP) is 0.591. The molecule has 1 aromatic rings. The zero-order valence-corrected chi connectivity index (χ0v) is 11.8. The number of amides is 1. The Hall–Kier alpha value is -1.89. The molecule has 20 heavy (non-hydrogen) atoms. The molecule has 4 N–H and O–H groups in total. The van der Waals surface area contributed by atoms with Gasteiger partial charge >= 0.3 is 0 Å². The number of hydrogen-bond donors (Lipinski definition) is 3. The SMILES string of the molecule is Cc1c(NN)nc(C2CC2)nc1NC1CCN(C)C1=O. The fourth-order valence-electron chi connectivity index (χ4n) is 2.46. The number of likely N-dealkylation sites (tertiary alicyclic amines) is 1. The van der Waals surface area contributed by atoms with Crippen molar-refractivity contribution in [2.75, 3.05) is 24.3 Å². The second kappa shape index (κ2) is 4.90. The van der Waals surface area contributed by atoms with Gasteiger partial charge in [0.1, 0.15) is 23.5 Å². The van der Waals surface area contributed by atoms with Gasteiger partial charge in [-0.25, -0.2) is 15.8 Å². The van der Waals surface area contributed by atoms with Gasteiger partial charge in [0, 0.05) is 25.1 Å². The Morgan fingerprint density at radius 3 is 2.50 bits per heavy atom. The summed E-state index contributed by atoms with van der Waals surface area (Å²) < 4.78 is 0. The minimum Gasteiger partial charge on any atom is -0.358 e. The highest BCUT2D eigenvalue weighted by Gasteiger charge is 2.31. The van der Waals surface area contributed by atoms with Gasteiger partial charge < -0.3 is 15.6 Å². The van der Waals surface area contributed by atoms with Crippen LogP contribution in [0.2, 0.25) is 0 Å². The van der Waals surface area contributed by atoms with Crippen LogP contribution in [0, 0.1) is 6.92 Å². The fourth-order valence-corrected chi connectivity index (χ4v) is 2.46. The highest BCUT2D eigenvalue weighted by Crippen LogP contribution is 2.39. The number of hydrazine groups is 1. The summed E-state index contributed by atoms with van der Waals surface area (Å²) in [4.78, 5) is 22.7. The molecule has 1 aliphatic carbocycles. The molecule has 2 heterocycles. The second-order valence-corrected chi connectivity index (χ2v) is 5.57. The van der Waals surface area contributed by atoms with Crippen molar-refractivity contribution >= 4 is 17.5 Å². The highest BCUT2D eigenvalue weighted by molar-refractivity contribution is 5.86. The van der Waals surface area contributed by atoms with Gasteiger partial charge in [0.15, 0.2) is 0 Å². The van der Waals surface area contributed by atoms with Crippen molar-refractivity contribution in [3.63, 3.8) is 0 Å². The molecule has 1 atom stereocenters. The van der Waals surface area contributed by atoms with Crippen LogP contribution >= 0.6 is 0 Å². The Labute approximate surface area is 117 Å². The van der Waals surface area contributed by atoms with E-state index in [1.54, 1.807) is 4.90 Å². The lowest BCUT2D eigenvalue weighted by Crippen LogP contribution is -2.31. The number of aromatic nitrogens is 2. The van der Waals surface area contributed by atoms with E-state index in [1.807, 2.05) is 14.0 Å². The van der Waals surface area contributed by atoms with E-state index in [2.05, 4.69) is 20.7 Å². The molecule has 0 radical (unpaired) electrons. The van der Waals surface area contributed by atoms with Crippen molar-refractivity contribution in [2.24, 2.45) is 5.84 Å². The molecule has 1 saturated heterocycles. The molecule has 7 nitrogen and oxygen atoms in total. The Bertz CT molecular complexity index is 542. The maximum atomic E-state index is 12.0. The van der Waals surface area contributed by atoms with Crippen molar-refractivity contribution in [2.45, 2.75) is 38.1 Å². The summed E-state index contributed by atoms with van der Waals surface area (Å²) in [6.07, 6.45) is 3.04. The molecule has 0 bridgehead atoms. The molecule has 1 unspecified atom stereocenters. The summed E-state index contributed by atoms with van der Waals surface area (Å²) in [5, 5.41) is 3.25. The Morgan fingerprint density at radius 1 is 1.25 bits per heavy atom. The number of carbonyl (C=O) groups is 1. The first kappa shape index (κ1) is 13.1. The van der Waals surface area contributed by atoms with Gasteiger partial charge in [-0.3, -0.25) is 4.79 Å². The van der Waals surface area contributed by atoms with Crippen LogP contribution in [0.15, 0.2) is 0 Å². The predicted molar refractivity (Wildman–Crippen MR) is 76.2 cm³/mol. The number of likely N-dealkylation sites (N-methyl/N-ethyl adjacent to an activating group) is 1. The number of nitrogens with zero attached hydrogens (tertiary/aromatic N) is 3. The number of carbonyl (C=O) groups excluding carboxylic acids is 1. The minimum atomic E-state index is -0.203. The van der Waals surface area contributed by atoms with E-state index in [0.717, 1.165) is 37.2 Å². The zero-order valence-electron chi connectivity index (χ0n) is 11.8. The monoisotopic (exact) mass is 276 g/mol. The third-order valence-electron chi connectivity index (χ3n) is 3.98. The van der Waals surface area contributed by atoms with Gasteiger partial charge in [0.05, 0.1) is 0 Å². The second-order valence-electron chi connectivity index (χ2n) is 5.57. The molecule has 1 saturated carbocycles. The van der Waals surface area contributed by atoms with Gasteiger partial charge in [0.2, 0.25) is 5.91 Å². The number of nitrogens with one attached hydrogen (secondary N) is 2. The van der Waals surface area contributed by atoms with Gasteiger partial charge in [0.25, 0.3) is 0 Å². The molecule has 0 spiro atoms. The third kappa shape index (κ3) is 2.29. The van der Waals surface area contributed by atoms with Crippen LogP contribution in [0.4, 0.5) is 11.6 Å². The Morgan fingerprint density at radius 2 is 1.95 bits per heavy atom. The average Bonchev–Trinajstić information content (AvgIpc) is 3.24. The maximum absolute atomic E-state index is 12.0. The van der Waals surface area contributed by atoms with E-state index in [9.17, 15) is 4.79 Å². The Balaban J connectivity index is 1.88. The Kier molecular flexibility index (Phi) is 3.21. The van der Waals surface area contributed by atoms with Crippen molar-refractivity contribution in [1.82, 2.24) is 14.9 Å². The summed E-state index contributed by atoms with van der Waals surface area (Å²) in [6, 6.07) is -0.203. The largest absolute Gasteiger partial charge is 0.358 e. The van der Waals surface area contributed by atoms with Crippen LogP contribution in [0.3, 0.4) is 0 Å². The maximum Gasteiger partial charge on any atom is 0.244 e. The van der Waals surface area contributed by atoms with E-state index in [0.29, 0.717) is 17.6 Å². The normalized spacial score (nSPS) is 22.2. The number of nitrogen functional groups attached to an aromatic ring is 1. The molecule has 0 aromatic carbocycles. The van der Waals surface area contributed by atoms with Crippen molar-refractivity contribution in [1.29, 1.82) is 0 Å². The average molecular weight is 276 g/mol. The first-order chi connectivity index (χ1) is 9.60. The summed E-state index contributed by atoms with van der Waals surface area (Å²) in [7, 11) is 1.82. The van der Waals surface area contributed by atoms with E-state index in [4.69, 9.17) is 5.84 Å². The fraction of sp³-hybridized carbons (Fsp3) is 0.615. The minimum absolute atomic E-state index is 0.109. The zero-order chi connectivity index (χ0) is 14.3. The number of hydrogen-bond acceptors (Lipinski definition) is 6. The molecule has 108 valence electrons.